The van der Waals surface area contributed by atoms with Crippen molar-refractivity contribution in [2.24, 2.45) is 5.73 Å². The van der Waals surface area contributed by atoms with Crippen LogP contribution >= 0.6 is 0 Å². The molecule has 4 heteroatoms. The fourth-order valence-electron chi connectivity index (χ4n) is 1.96. The van der Waals surface area contributed by atoms with Gasteiger partial charge in [0.1, 0.15) is 17.1 Å². The first-order chi connectivity index (χ1) is 6.89. The van der Waals surface area contributed by atoms with Crippen molar-refractivity contribution in [3.05, 3.63) is 17.7 Å². The van der Waals surface area contributed by atoms with Crippen molar-refractivity contribution in [1.29, 1.82) is 0 Å². The Hall–Kier alpha value is -1.42. The zero-order valence-corrected chi connectivity index (χ0v) is 8.95. The highest BCUT2D eigenvalue weighted by Crippen LogP contribution is 2.41. The first-order valence-corrected chi connectivity index (χ1v) is 4.96. The van der Waals surface area contributed by atoms with Crippen molar-refractivity contribution in [3.8, 4) is 11.5 Å². The monoisotopic (exact) mass is 208 g/mol. The molecule has 0 amide bonds. The molecule has 15 heavy (non-hydrogen) atoms. The fraction of sp³-hybridized carbons (Fsp3) is 0.455. The summed E-state index contributed by atoms with van der Waals surface area (Å²) in [6.07, 6.45) is 0.726. The molecule has 1 aromatic rings. The Labute approximate surface area is 88.8 Å². The molecule has 0 radical (unpaired) electrons. The van der Waals surface area contributed by atoms with Crippen LogP contribution in [-0.4, -0.2) is 10.7 Å². The van der Waals surface area contributed by atoms with Crippen LogP contribution in [0.1, 0.15) is 31.9 Å². The second-order valence-electron chi connectivity index (χ2n) is 4.62. The third kappa shape index (κ3) is 1.72. The summed E-state index contributed by atoms with van der Waals surface area (Å²) in [5.41, 5.74) is 12.5. The molecule has 0 fully saturated rings. The number of nitrogen functional groups attached to an aromatic ring is 1. The molecule has 82 valence electrons. The van der Waals surface area contributed by atoms with E-state index in [0.717, 1.165) is 12.0 Å². The summed E-state index contributed by atoms with van der Waals surface area (Å²) >= 11 is 0. The molecule has 1 aliphatic heterocycles. The average Bonchev–Trinajstić information content (AvgIpc) is 2.07. The van der Waals surface area contributed by atoms with Crippen LogP contribution < -0.4 is 16.2 Å². The Kier molecular flexibility index (Phi) is 2.04. The number of benzene rings is 1. The quantitative estimate of drug-likeness (QED) is 0.446. The second kappa shape index (κ2) is 3.03. The first kappa shape index (κ1) is 10.1. The normalized spacial score (nSPS) is 23.0. The minimum absolute atomic E-state index is 0.0625. The molecule has 1 unspecified atom stereocenters. The Balaban J connectivity index is 2.51. The SMILES string of the molecule is CC1(C)CC(N)c2cc(O)c(N)cc2O1. The van der Waals surface area contributed by atoms with Crippen molar-refractivity contribution >= 4 is 5.69 Å². The third-order valence-corrected chi connectivity index (χ3v) is 2.66. The minimum atomic E-state index is -0.282. The third-order valence-electron chi connectivity index (χ3n) is 2.66. The van der Waals surface area contributed by atoms with E-state index >= 15 is 0 Å². The molecular formula is C11H16N2O2. The van der Waals surface area contributed by atoms with E-state index in [2.05, 4.69) is 0 Å². The van der Waals surface area contributed by atoms with Gasteiger partial charge in [0.15, 0.2) is 0 Å². The lowest BCUT2D eigenvalue weighted by molar-refractivity contribution is 0.0728. The Morgan fingerprint density at radius 3 is 2.80 bits per heavy atom. The highest BCUT2D eigenvalue weighted by molar-refractivity contribution is 5.59. The van der Waals surface area contributed by atoms with Crippen LogP contribution in [0.3, 0.4) is 0 Å². The molecule has 5 N–H and O–H groups in total. The molecule has 0 aromatic heterocycles. The number of nitrogens with two attached hydrogens (primary N) is 2. The summed E-state index contributed by atoms with van der Waals surface area (Å²) in [6.45, 7) is 3.97. The maximum atomic E-state index is 9.49. The van der Waals surface area contributed by atoms with E-state index < -0.39 is 0 Å². The minimum Gasteiger partial charge on any atom is -0.506 e. The molecular weight excluding hydrogens is 192 g/mol. The Morgan fingerprint density at radius 1 is 1.47 bits per heavy atom. The average molecular weight is 208 g/mol. The first-order valence-electron chi connectivity index (χ1n) is 4.96. The summed E-state index contributed by atoms with van der Waals surface area (Å²) in [4.78, 5) is 0. The van der Waals surface area contributed by atoms with Crippen molar-refractivity contribution in [2.45, 2.75) is 31.9 Å². The van der Waals surface area contributed by atoms with Crippen molar-refractivity contribution in [1.82, 2.24) is 0 Å². The van der Waals surface area contributed by atoms with E-state index in [-0.39, 0.29) is 17.4 Å². The van der Waals surface area contributed by atoms with Gasteiger partial charge in [0.2, 0.25) is 0 Å². The van der Waals surface area contributed by atoms with Crippen LogP contribution in [0.4, 0.5) is 5.69 Å². The molecule has 2 rings (SSSR count). The molecule has 0 aliphatic carbocycles. The maximum Gasteiger partial charge on any atom is 0.139 e. The molecule has 1 aromatic carbocycles. The van der Waals surface area contributed by atoms with Gasteiger partial charge in [0.05, 0.1) is 5.69 Å². The van der Waals surface area contributed by atoms with Crippen LogP contribution in [0, 0.1) is 0 Å². The Morgan fingerprint density at radius 2 is 2.13 bits per heavy atom. The second-order valence-corrected chi connectivity index (χ2v) is 4.62. The molecule has 0 bridgehead atoms. The lowest BCUT2D eigenvalue weighted by Crippen LogP contribution is -2.37. The van der Waals surface area contributed by atoms with Gasteiger partial charge in [-0.1, -0.05) is 0 Å². The summed E-state index contributed by atoms with van der Waals surface area (Å²) in [5.74, 6) is 0.738. The molecule has 0 saturated heterocycles. The maximum absolute atomic E-state index is 9.49. The summed E-state index contributed by atoms with van der Waals surface area (Å²) < 4.78 is 5.75. The standard InChI is InChI=1S/C11H16N2O2/c1-11(2)5-8(13)6-3-9(14)7(12)4-10(6)15-11/h3-4,8,14H,5,12-13H2,1-2H3. The van der Waals surface area contributed by atoms with Gasteiger partial charge in [0, 0.05) is 24.1 Å². The molecule has 1 aliphatic rings. The fourth-order valence-corrected chi connectivity index (χ4v) is 1.96. The van der Waals surface area contributed by atoms with Gasteiger partial charge >= 0.3 is 0 Å². The number of aromatic hydroxyl groups is 1. The van der Waals surface area contributed by atoms with E-state index in [1.807, 2.05) is 13.8 Å². The Bertz CT molecular complexity index is 402. The van der Waals surface area contributed by atoms with Gasteiger partial charge in [-0.3, -0.25) is 0 Å². The van der Waals surface area contributed by atoms with E-state index in [9.17, 15) is 5.11 Å². The van der Waals surface area contributed by atoms with Crippen LogP contribution in [0.25, 0.3) is 0 Å². The van der Waals surface area contributed by atoms with E-state index in [1.54, 1.807) is 12.1 Å². The number of phenols is 1. The highest BCUT2D eigenvalue weighted by atomic mass is 16.5. The zero-order chi connectivity index (χ0) is 11.2. The van der Waals surface area contributed by atoms with Gasteiger partial charge in [-0.15, -0.1) is 0 Å². The number of anilines is 1. The molecule has 1 atom stereocenters. The van der Waals surface area contributed by atoms with Crippen molar-refractivity contribution in [2.75, 3.05) is 5.73 Å². The van der Waals surface area contributed by atoms with E-state index in [4.69, 9.17) is 16.2 Å². The van der Waals surface area contributed by atoms with Crippen LogP contribution in [-0.2, 0) is 0 Å². The van der Waals surface area contributed by atoms with E-state index in [1.165, 1.54) is 0 Å². The summed E-state index contributed by atoms with van der Waals surface area (Å²) in [7, 11) is 0. The largest absolute Gasteiger partial charge is 0.506 e. The number of fused-ring (bicyclic) bond motifs is 1. The summed E-state index contributed by atoms with van der Waals surface area (Å²) in [5, 5.41) is 9.49. The lowest BCUT2D eigenvalue weighted by Gasteiger charge is -2.36. The van der Waals surface area contributed by atoms with Crippen molar-refractivity contribution < 1.29 is 9.84 Å². The lowest BCUT2D eigenvalue weighted by atomic mass is 9.90. The van der Waals surface area contributed by atoms with Crippen LogP contribution in [0.15, 0.2) is 12.1 Å². The van der Waals surface area contributed by atoms with Gasteiger partial charge in [-0.2, -0.15) is 0 Å². The molecule has 0 saturated carbocycles. The van der Waals surface area contributed by atoms with Gasteiger partial charge in [-0.05, 0) is 19.9 Å². The number of hydrogen-bond donors (Lipinski definition) is 3. The van der Waals surface area contributed by atoms with Gasteiger partial charge in [0.25, 0.3) is 0 Å². The number of hydrogen-bond acceptors (Lipinski definition) is 4. The highest BCUT2D eigenvalue weighted by Gasteiger charge is 2.32. The number of rotatable bonds is 0. The molecule has 4 nitrogen and oxygen atoms in total. The van der Waals surface area contributed by atoms with Crippen molar-refractivity contribution in [3.63, 3.8) is 0 Å². The summed E-state index contributed by atoms with van der Waals surface area (Å²) in [6, 6.07) is 3.10. The van der Waals surface area contributed by atoms with Crippen LogP contribution in [0.2, 0.25) is 0 Å². The van der Waals surface area contributed by atoms with Gasteiger partial charge in [-0.25, -0.2) is 0 Å². The molecule has 1 heterocycles. The number of ether oxygens (including phenoxy) is 1. The predicted octanol–water partition coefficient (Wildman–Crippen LogP) is 1.54. The predicted molar refractivity (Wildman–Crippen MR) is 58.8 cm³/mol. The smallest absolute Gasteiger partial charge is 0.139 e. The topological polar surface area (TPSA) is 81.5 Å². The van der Waals surface area contributed by atoms with Gasteiger partial charge < -0.3 is 21.3 Å². The number of phenolic OH excluding ortho intramolecular Hbond substituents is 1. The van der Waals surface area contributed by atoms with E-state index in [0.29, 0.717) is 11.4 Å². The molecule has 0 spiro atoms. The van der Waals surface area contributed by atoms with Crippen LogP contribution in [0.5, 0.6) is 11.5 Å². The zero-order valence-electron chi connectivity index (χ0n) is 8.95.